The fourth-order valence-corrected chi connectivity index (χ4v) is 2.96. The summed E-state index contributed by atoms with van der Waals surface area (Å²) in [4.78, 5) is 25.7. The number of rotatable bonds is 3. The molecule has 144 valence electrons. The average Bonchev–Trinajstić information content (AvgIpc) is 2.86. The predicted molar refractivity (Wildman–Crippen MR) is 97.1 cm³/mol. The van der Waals surface area contributed by atoms with E-state index in [4.69, 9.17) is 27.9 Å². The van der Waals surface area contributed by atoms with Crippen LogP contribution in [0.2, 0.25) is 10.4 Å². The van der Waals surface area contributed by atoms with Crippen molar-refractivity contribution < 1.29 is 14.0 Å². The monoisotopic (exact) mass is 407 g/mol. The lowest BCUT2D eigenvalue weighted by molar-refractivity contribution is 0.206. The molecule has 3 heterocycles. The molecule has 1 atom stereocenters. The van der Waals surface area contributed by atoms with E-state index in [2.05, 4.69) is 31.0 Å². The van der Waals surface area contributed by atoms with E-state index >= 15 is 0 Å². The first-order valence-corrected chi connectivity index (χ1v) is 8.77. The first-order chi connectivity index (χ1) is 12.5. The van der Waals surface area contributed by atoms with E-state index in [1.807, 2.05) is 0 Å². The van der Waals surface area contributed by atoms with Gasteiger partial charge in [0.15, 0.2) is 11.0 Å². The van der Waals surface area contributed by atoms with Crippen LogP contribution in [0, 0.1) is 5.82 Å². The summed E-state index contributed by atoms with van der Waals surface area (Å²) >= 11 is 11.4. The highest BCUT2D eigenvalue weighted by Gasteiger charge is 2.20. The van der Waals surface area contributed by atoms with Gasteiger partial charge in [0.2, 0.25) is 11.2 Å². The van der Waals surface area contributed by atoms with Crippen molar-refractivity contribution in [2.45, 2.75) is 31.7 Å². The maximum absolute atomic E-state index is 14.1. The number of fused-ring (bicyclic) bond motifs is 1. The van der Waals surface area contributed by atoms with Gasteiger partial charge in [0.1, 0.15) is 17.5 Å². The summed E-state index contributed by atoms with van der Waals surface area (Å²) in [5.74, 6) is 3.41. The Hall–Kier alpha value is -1.52. The van der Waals surface area contributed by atoms with E-state index in [1.54, 1.807) is 0 Å². The number of nitrogens with two attached hydrogens (primary N) is 1. The SMILES string of the molecule is CON.O=c1[nH]c(Cl)nc2c(F)c(Cl)nc(OCC3CCCCCN3)c12. The van der Waals surface area contributed by atoms with Crippen LogP contribution in [0.3, 0.4) is 0 Å². The summed E-state index contributed by atoms with van der Waals surface area (Å²) in [6.45, 7) is 1.23. The molecule has 2 aromatic rings. The summed E-state index contributed by atoms with van der Waals surface area (Å²) < 4.78 is 19.7. The lowest BCUT2D eigenvalue weighted by atomic mass is 10.1. The molecule has 0 saturated carbocycles. The van der Waals surface area contributed by atoms with Gasteiger partial charge in [-0.05, 0) is 31.0 Å². The molecule has 2 aromatic heterocycles. The molecule has 0 radical (unpaired) electrons. The van der Waals surface area contributed by atoms with Gasteiger partial charge in [-0.3, -0.25) is 9.78 Å². The van der Waals surface area contributed by atoms with Crippen LogP contribution in [0.1, 0.15) is 25.7 Å². The van der Waals surface area contributed by atoms with E-state index in [0.717, 1.165) is 25.8 Å². The predicted octanol–water partition coefficient (Wildman–Crippen LogP) is 2.18. The summed E-state index contributed by atoms with van der Waals surface area (Å²) in [7, 11) is 1.40. The fraction of sp³-hybridized carbons (Fsp3) is 0.533. The highest BCUT2D eigenvalue weighted by Crippen LogP contribution is 2.27. The Labute approximate surface area is 159 Å². The molecule has 1 aliphatic rings. The Bertz CT molecular complexity index is 797. The quantitative estimate of drug-likeness (QED) is 0.405. The molecule has 1 aliphatic heterocycles. The largest absolute Gasteiger partial charge is 0.475 e. The number of aromatic amines is 1. The van der Waals surface area contributed by atoms with Crippen molar-refractivity contribution in [3.05, 3.63) is 26.6 Å². The zero-order valence-corrected chi connectivity index (χ0v) is 15.7. The maximum Gasteiger partial charge on any atom is 0.265 e. The topological polar surface area (TPSA) is 115 Å². The van der Waals surface area contributed by atoms with Gasteiger partial charge in [-0.1, -0.05) is 24.4 Å². The number of H-pyrrole nitrogens is 1. The number of nitrogens with zero attached hydrogens (tertiary/aromatic N) is 2. The minimum Gasteiger partial charge on any atom is -0.475 e. The molecule has 0 aromatic carbocycles. The first-order valence-electron chi connectivity index (χ1n) is 8.01. The van der Waals surface area contributed by atoms with Gasteiger partial charge in [-0.15, -0.1) is 0 Å². The molecule has 1 unspecified atom stereocenters. The van der Waals surface area contributed by atoms with E-state index < -0.39 is 16.5 Å². The molecular formula is C15H20Cl2FN5O3. The third-order valence-electron chi connectivity index (χ3n) is 3.78. The smallest absolute Gasteiger partial charge is 0.265 e. The van der Waals surface area contributed by atoms with E-state index in [0.29, 0.717) is 6.61 Å². The van der Waals surface area contributed by atoms with Gasteiger partial charge in [0.25, 0.3) is 5.56 Å². The van der Waals surface area contributed by atoms with Crippen molar-refractivity contribution in [3.63, 3.8) is 0 Å². The summed E-state index contributed by atoms with van der Waals surface area (Å²) in [5.41, 5.74) is -0.866. The average molecular weight is 408 g/mol. The minimum absolute atomic E-state index is 0.0390. The highest BCUT2D eigenvalue weighted by molar-refractivity contribution is 6.30. The highest BCUT2D eigenvalue weighted by atomic mass is 35.5. The molecule has 0 spiro atoms. The zero-order valence-electron chi connectivity index (χ0n) is 14.2. The second-order valence-corrected chi connectivity index (χ2v) is 6.37. The van der Waals surface area contributed by atoms with E-state index in [-0.39, 0.29) is 28.1 Å². The number of nitrogens with one attached hydrogen (secondary N) is 2. The first kappa shape index (κ1) is 20.8. The Morgan fingerprint density at radius 2 is 2.04 bits per heavy atom. The number of aromatic nitrogens is 3. The van der Waals surface area contributed by atoms with E-state index in [1.165, 1.54) is 13.5 Å². The van der Waals surface area contributed by atoms with Crippen molar-refractivity contribution in [1.82, 2.24) is 20.3 Å². The summed E-state index contributed by atoms with van der Waals surface area (Å²) in [6, 6.07) is 0.150. The van der Waals surface area contributed by atoms with Crippen LogP contribution in [-0.2, 0) is 4.84 Å². The van der Waals surface area contributed by atoms with Gasteiger partial charge < -0.3 is 14.9 Å². The lowest BCUT2D eigenvalue weighted by Crippen LogP contribution is -2.34. The standard InChI is InChI=1S/C14H15Cl2FN4O2.CH5NO/c15-11-9(17)10-8(12(22)21-14(16)19-10)13(20-11)23-6-7-4-2-1-3-5-18-7;1-3-2/h7,18H,1-6H2,(H,19,21,22);2H2,1H3. The van der Waals surface area contributed by atoms with Crippen molar-refractivity contribution in [2.75, 3.05) is 20.3 Å². The van der Waals surface area contributed by atoms with Crippen LogP contribution in [0.4, 0.5) is 4.39 Å². The molecule has 26 heavy (non-hydrogen) atoms. The summed E-state index contributed by atoms with van der Waals surface area (Å²) in [6.07, 6.45) is 4.38. The van der Waals surface area contributed by atoms with Gasteiger partial charge in [-0.25, -0.2) is 15.3 Å². The molecule has 4 N–H and O–H groups in total. The molecule has 11 heteroatoms. The molecular weight excluding hydrogens is 388 g/mol. The van der Waals surface area contributed by atoms with Gasteiger partial charge >= 0.3 is 0 Å². The molecule has 3 rings (SSSR count). The Balaban J connectivity index is 0.000000758. The fourth-order valence-electron chi connectivity index (χ4n) is 2.62. The molecule has 0 amide bonds. The zero-order chi connectivity index (χ0) is 19.1. The lowest BCUT2D eigenvalue weighted by Gasteiger charge is -2.17. The van der Waals surface area contributed by atoms with Crippen LogP contribution in [0.25, 0.3) is 10.9 Å². The number of halogens is 3. The van der Waals surface area contributed by atoms with Crippen LogP contribution in [-0.4, -0.2) is 41.3 Å². The van der Waals surface area contributed by atoms with Crippen molar-refractivity contribution in [1.29, 1.82) is 0 Å². The number of pyridine rings is 1. The minimum atomic E-state index is -0.894. The number of hydrogen-bond acceptors (Lipinski definition) is 7. The van der Waals surface area contributed by atoms with Crippen LogP contribution in [0.15, 0.2) is 4.79 Å². The second kappa shape index (κ2) is 9.98. The van der Waals surface area contributed by atoms with Gasteiger partial charge in [-0.2, -0.15) is 4.98 Å². The van der Waals surface area contributed by atoms with Crippen molar-refractivity contribution in [2.24, 2.45) is 5.90 Å². The Kier molecular flexibility index (Phi) is 7.98. The molecule has 1 saturated heterocycles. The molecule has 0 aliphatic carbocycles. The van der Waals surface area contributed by atoms with Gasteiger partial charge in [0, 0.05) is 6.04 Å². The Morgan fingerprint density at radius 1 is 1.31 bits per heavy atom. The van der Waals surface area contributed by atoms with E-state index in [9.17, 15) is 9.18 Å². The molecule has 1 fully saturated rings. The number of ether oxygens (including phenoxy) is 1. The molecule has 0 bridgehead atoms. The number of hydrogen-bond donors (Lipinski definition) is 3. The third-order valence-corrected chi connectivity index (χ3v) is 4.21. The normalized spacial score (nSPS) is 17.3. The van der Waals surface area contributed by atoms with Crippen LogP contribution >= 0.6 is 23.2 Å². The van der Waals surface area contributed by atoms with Gasteiger partial charge in [0.05, 0.1) is 7.11 Å². The molecule has 8 nitrogen and oxygen atoms in total. The Morgan fingerprint density at radius 3 is 2.77 bits per heavy atom. The van der Waals surface area contributed by atoms with Crippen molar-refractivity contribution >= 4 is 34.1 Å². The third kappa shape index (κ3) is 5.24. The summed E-state index contributed by atoms with van der Waals surface area (Å²) in [5, 5.41) is 2.65. The second-order valence-electron chi connectivity index (χ2n) is 5.65. The maximum atomic E-state index is 14.1. The van der Waals surface area contributed by atoms with Crippen LogP contribution < -0.4 is 21.5 Å². The van der Waals surface area contributed by atoms with Crippen molar-refractivity contribution in [3.8, 4) is 5.88 Å². The van der Waals surface area contributed by atoms with Crippen LogP contribution in [0.5, 0.6) is 5.88 Å².